The Morgan fingerprint density at radius 2 is 2.11 bits per heavy atom. The first kappa shape index (κ1) is 13.8. The molecular weight excluding hydrogens is 308 g/mol. The molecule has 18 heavy (non-hydrogen) atoms. The molecule has 0 saturated carbocycles. The maximum Gasteiger partial charge on any atom is 0.106 e. The van der Waals surface area contributed by atoms with E-state index in [2.05, 4.69) is 33.8 Å². The average molecular weight is 327 g/mol. The molecule has 1 aliphatic heterocycles. The molecule has 0 amide bonds. The van der Waals surface area contributed by atoms with Crippen LogP contribution in [0.25, 0.3) is 0 Å². The second-order valence-corrected chi connectivity index (χ2v) is 6.22. The number of hydrogen-bond donors (Lipinski definition) is 1. The molecule has 1 aromatic carbocycles. The monoisotopic (exact) mass is 326 g/mol. The standard InChI is InChI=1S/C14H19BrN2S/c1-2-10-5-7-17(8-6-10)13-9-11(15)3-4-12(13)14(16)18/h3-4,9-10H,2,5-8H2,1H3,(H2,16,18). The van der Waals surface area contributed by atoms with Gasteiger partial charge in [0.15, 0.2) is 0 Å². The van der Waals surface area contributed by atoms with Gasteiger partial charge in [-0.1, -0.05) is 41.5 Å². The number of piperidine rings is 1. The van der Waals surface area contributed by atoms with Crippen LogP contribution in [0.3, 0.4) is 0 Å². The fourth-order valence-electron chi connectivity index (χ4n) is 2.56. The molecule has 1 saturated heterocycles. The largest absolute Gasteiger partial charge is 0.389 e. The van der Waals surface area contributed by atoms with Crippen LogP contribution < -0.4 is 10.6 Å². The van der Waals surface area contributed by atoms with Gasteiger partial charge in [-0.15, -0.1) is 0 Å². The highest BCUT2D eigenvalue weighted by atomic mass is 79.9. The molecule has 0 unspecified atom stereocenters. The van der Waals surface area contributed by atoms with Crippen LogP contribution in [0.4, 0.5) is 5.69 Å². The van der Waals surface area contributed by atoms with Crippen LogP contribution in [0.5, 0.6) is 0 Å². The SMILES string of the molecule is CCC1CCN(c2cc(Br)ccc2C(N)=S)CC1. The van der Waals surface area contributed by atoms with Crippen molar-refractivity contribution in [3.05, 3.63) is 28.2 Å². The van der Waals surface area contributed by atoms with Crippen molar-refractivity contribution < 1.29 is 0 Å². The molecule has 0 bridgehead atoms. The van der Waals surface area contributed by atoms with E-state index in [1.54, 1.807) is 0 Å². The Morgan fingerprint density at radius 1 is 1.44 bits per heavy atom. The molecule has 2 nitrogen and oxygen atoms in total. The zero-order valence-electron chi connectivity index (χ0n) is 10.7. The molecule has 1 fully saturated rings. The van der Waals surface area contributed by atoms with Gasteiger partial charge in [0.2, 0.25) is 0 Å². The predicted octanol–water partition coefficient (Wildman–Crippen LogP) is 3.71. The first-order valence-electron chi connectivity index (χ1n) is 6.46. The lowest BCUT2D eigenvalue weighted by atomic mass is 9.94. The molecule has 98 valence electrons. The Hall–Kier alpha value is -0.610. The van der Waals surface area contributed by atoms with Gasteiger partial charge in [-0.05, 0) is 37.0 Å². The van der Waals surface area contributed by atoms with Crippen LogP contribution >= 0.6 is 28.1 Å². The molecule has 4 heteroatoms. The molecule has 2 N–H and O–H groups in total. The molecule has 0 aliphatic carbocycles. The third-order valence-electron chi connectivity index (χ3n) is 3.76. The maximum absolute atomic E-state index is 5.81. The molecule has 2 rings (SSSR count). The smallest absolute Gasteiger partial charge is 0.106 e. The van der Waals surface area contributed by atoms with Crippen molar-refractivity contribution in [3.8, 4) is 0 Å². The second kappa shape index (κ2) is 6.02. The van der Waals surface area contributed by atoms with Crippen LogP contribution in [0.1, 0.15) is 31.7 Å². The molecule has 1 heterocycles. The maximum atomic E-state index is 5.81. The summed E-state index contributed by atoms with van der Waals surface area (Å²) in [6, 6.07) is 6.13. The zero-order valence-corrected chi connectivity index (χ0v) is 13.1. The number of anilines is 1. The van der Waals surface area contributed by atoms with Crippen LogP contribution in [-0.2, 0) is 0 Å². The first-order valence-corrected chi connectivity index (χ1v) is 7.66. The summed E-state index contributed by atoms with van der Waals surface area (Å²) in [6.45, 7) is 4.48. The highest BCUT2D eigenvalue weighted by Crippen LogP contribution is 2.30. The summed E-state index contributed by atoms with van der Waals surface area (Å²) in [6.07, 6.45) is 3.81. The average Bonchev–Trinajstić information content (AvgIpc) is 2.38. The molecule has 0 spiro atoms. The van der Waals surface area contributed by atoms with Crippen molar-refractivity contribution >= 4 is 38.8 Å². The zero-order chi connectivity index (χ0) is 13.1. The lowest BCUT2D eigenvalue weighted by molar-refractivity contribution is 0.395. The van der Waals surface area contributed by atoms with Crippen LogP contribution in [-0.4, -0.2) is 18.1 Å². The van der Waals surface area contributed by atoms with E-state index in [4.69, 9.17) is 18.0 Å². The number of thiocarbonyl (C=S) groups is 1. The summed E-state index contributed by atoms with van der Waals surface area (Å²) in [5, 5.41) is 0. The third kappa shape index (κ3) is 3.04. The first-order chi connectivity index (χ1) is 8.61. The van der Waals surface area contributed by atoms with Crippen molar-refractivity contribution in [3.63, 3.8) is 0 Å². The topological polar surface area (TPSA) is 29.3 Å². The van der Waals surface area contributed by atoms with Crippen LogP contribution in [0.15, 0.2) is 22.7 Å². The lowest BCUT2D eigenvalue weighted by Crippen LogP contribution is -2.34. The fraction of sp³-hybridized carbons (Fsp3) is 0.500. The van der Waals surface area contributed by atoms with Gasteiger partial charge in [-0.25, -0.2) is 0 Å². The van der Waals surface area contributed by atoms with E-state index in [0.29, 0.717) is 4.99 Å². The summed E-state index contributed by atoms with van der Waals surface area (Å²) in [5.41, 5.74) is 7.98. The van der Waals surface area contributed by atoms with Crippen molar-refractivity contribution in [2.24, 2.45) is 11.7 Å². The number of hydrogen-bond acceptors (Lipinski definition) is 2. The molecule has 1 aromatic rings. The number of halogens is 1. The van der Waals surface area contributed by atoms with Crippen molar-refractivity contribution in [2.45, 2.75) is 26.2 Å². The van der Waals surface area contributed by atoms with Crippen LogP contribution in [0, 0.1) is 5.92 Å². The Labute approximate surface area is 123 Å². The van der Waals surface area contributed by atoms with Gasteiger partial charge < -0.3 is 10.6 Å². The second-order valence-electron chi connectivity index (χ2n) is 4.86. The number of nitrogens with zero attached hydrogens (tertiary/aromatic N) is 1. The van der Waals surface area contributed by atoms with Crippen molar-refractivity contribution in [2.75, 3.05) is 18.0 Å². The fourth-order valence-corrected chi connectivity index (χ4v) is 3.08. The van der Waals surface area contributed by atoms with E-state index in [1.165, 1.54) is 24.9 Å². The van der Waals surface area contributed by atoms with E-state index >= 15 is 0 Å². The highest BCUT2D eigenvalue weighted by molar-refractivity contribution is 9.10. The molecular formula is C14H19BrN2S. The summed E-state index contributed by atoms with van der Waals surface area (Å²) in [5.74, 6) is 0.877. The van der Waals surface area contributed by atoms with Gasteiger partial charge >= 0.3 is 0 Å². The number of nitrogens with two attached hydrogens (primary N) is 1. The minimum absolute atomic E-state index is 0.482. The summed E-state index contributed by atoms with van der Waals surface area (Å²) in [7, 11) is 0. The van der Waals surface area contributed by atoms with Gasteiger partial charge in [0.25, 0.3) is 0 Å². The molecule has 0 radical (unpaired) electrons. The Bertz CT molecular complexity index is 439. The van der Waals surface area contributed by atoms with E-state index in [-0.39, 0.29) is 0 Å². The molecule has 0 atom stereocenters. The van der Waals surface area contributed by atoms with Gasteiger partial charge in [0.1, 0.15) is 4.99 Å². The summed E-state index contributed by atoms with van der Waals surface area (Å²) >= 11 is 8.67. The van der Waals surface area contributed by atoms with Gasteiger partial charge in [0.05, 0.1) is 0 Å². The van der Waals surface area contributed by atoms with E-state index in [1.807, 2.05) is 12.1 Å². The molecule has 1 aliphatic rings. The van der Waals surface area contributed by atoms with Gasteiger partial charge in [-0.3, -0.25) is 0 Å². The number of rotatable bonds is 3. The third-order valence-corrected chi connectivity index (χ3v) is 4.47. The summed E-state index contributed by atoms with van der Waals surface area (Å²) in [4.78, 5) is 2.89. The minimum atomic E-state index is 0.482. The quantitative estimate of drug-likeness (QED) is 0.858. The molecule has 0 aromatic heterocycles. The van der Waals surface area contributed by atoms with Crippen molar-refractivity contribution in [1.29, 1.82) is 0 Å². The Morgan fingerprint density at radius 3 is 2.67 bits per heavy atom. The van der Waals surface area contributed by atoms with Crippen molar-refractivity contribution in [1.82, 2.24) is 0 Å². The minimum Gasteiger partial charge on any atom is -0.389 e. The number of benzene rings is 1. The normalized spacial score (nSPS) is 16.9. The van der Waals surface area contributed by atoms with E-state index < -0.39 is 0 Å². The lowest BCUT2D eigenvalue weighted by Gasteiger charge is -2.34. The van der Waals surface area contributed by atoms with Gasteiger partial charge in [-0.2, -0.15) is 0 Å². The van der Waals surface area contributed by atoms with Crippen LogP contribution in [0.2, 0.25) is 0 Å². The Balaban J connectivity index is 2.22. The van der Waals surface area contributed by atoms with E-state index in [0.717, 1.165) is 29.0 Å². The summed E-state index contributed by atoms with van der Waals surface area (Å²) < 4.78 is 1.08. The van der Waals surface area contributed by atoms with E-state index in [9.17, 15) is 0 Å². The van der Waals surface area contributed by atoms with Gasteiger partial charge in [0, 0.05) is 28.8 Å². The Kier molecular flexibility index (Phi) is 4.62. The highest BCUT2D eigenvalue weighted by Gasteiger charge is 2.20. The predicted molar refractivity (Wildman–Crippen MR) is 85.3 cm³/mol.